The van der Waals surface area contributed by atoms with Gasteiger partial charge in [0.15, 0.2) is 6.29 Å². The molecule has 2 aromatic rings. The Kier molecular flexibility index (Phi) is 4.45. The molecule has 0 aliphatic rings. The molecule has 0 aliphatic carbocycles. The number of carbonyl (C=O) groups excluding carboxylic acids is 1. The maximum Gasteiger partial charge on any atom is 0.155 e. The highest BCUT2D eigenvalue weighted by molar-refractivity contribution is 7.99. The van der Waals surface area contributed by atoms with Gasteiger partial charge >= 0.3 is 0 Å². The van der Waals surface area contributed by atoms with E-state index in [9.17, 15) is 4.79 Å². The maximum atomic E-state index is 10.9. The van der Waals surface area contributed by atoms with Crippen molar-refractivity contribution < 1.29 is 4.79 Å². The second-order valence-electron chi connectivity index (χ2n) is 3.18. The fourth-order valence-corrected chi connectivity index (χ4v) is 2.68. The lowest BCUT2D eigenvalue weighted by Crippen LogP contribution is -1.93. The summed E-state index contributed by atoms with van der Waals surface area (Å²) in [5.41, 5.74) is 0.259. The standard InChI is InChI=1S/C11H5Cl3N2OS/c12-8-2-1-6(3-9(8)13)18-11-7(4-17)10(14)15-5-16-11/h1-5H. The van der Waals surface area contributed by atoms with Crippen molar-refractivity contribution in [2.75, 3.05) is 0 Å². The summed E-state index contributed by atoms with van der Waals surface area (Å²) in [6.07, 6.45) is 1.93. The van der Waals surface area contributed by atoms with E-state index in [1.54, 1.807) is 18.2 Å². The number of carbonyl (C=O) groups is 1. The molecule has 18 heavy (non-hydrogen) atoms. The first-order valence-electron chi connectivity index (χ1n) is 4.70. The van der Waals surface area contributed by atoms with Crippen LogP contribution in [-0.4, -0.2) is 16.3 Å². The summed E-state index contributed by atoms with van der Waals surface area (Å²) in [4.78, 5) is 19.5. The van der Waals surface area contributed by atoms with Crippen molar-refractivity contribution in [2.45, 2.75) is 9.92 Å². The summed E-state index contributed by atoms with van der Waals surface area (Å²) in [6.45, 7) is 0. The molecule has 1 heterocycles. The van der Waals surface area contributed by atoms with Crippen LogP contribution in [-0.2, 0) is 0 Å². The second kappa shape index (κ2) is 5.89. The Balaban J connectivity index is 2.36. The molecule has 0 aliphatic heterocycles. The summed E-state index contributed by atoms with van der Waals surface area (Å²) >= 11 is 18.8. The second-order valence-corrected chi connectivity index (χ2v) is 5.41. The van der Waals surface area contributed by atoms with Crippen molar-refractivity contribution in [3.63, 3.8) is 0 Å². The van der Waals surface area contributed by atoms with Crippen LogP contribution in [0.2, 0.25) is 15.2 Å². The largest absolute Gasteiger partial charge is 0.298 e. The SMILES string of the molecule is O=Cc1c(Cl)ncnc1Sc1ccc(Cl)c(Cl)c1. The van der Waals surface area contributed by atoms with E-state index in [0.29, 0.717) is 21.4 Å². The highest BCUT2D eigenvalue weighted by Crippen LogP contribution is 2.33. The Labute approximate surface area is 122 Å². The molecule has 0 spiro atoms. The number of aldehydes is 1. The molecule has 7 heteroatoms. The lowest BCUT2D eigenvalue weighted by Gasteiger charge is -2.05. The summed E-state index contributed by atoms with van der Waals surface area (Å²) in [5.74, 6) is 0. The molecule has 1 aromatic heterocycles. The van der Waals surface area contributed by atoms with Crippen LogP contribution in [0.1, 0.15) is 10.4 Å². The average Bonchev–Trinajstić information content (AvgIpc) is 2.34. The third-order valence-electron chi connectivity index (χ3n) is 2.02. The highest BCUT2D eigenvalue weighted by atomic mass is 35.5. The van der Waals surface area contributed by atoms with Crippen LogP contribution in [0.4, 0.5) is 0 Å². The van der Waals surface area contributed by atoms with E-state index >= 15 is 0 Å². The molecule has 0 saturated carbocycles. The van der Waals surface area contributed by atoms with Crippen LogP contribution in [0.5, 0.6) is 0 Å². The molecule has 0 bridgehead atoms. The van der Waals surface area contributed by atoms with Crippen molar-refractivity contribution in [3.8, 4) is 0 Å². The Bertz CT molecular complexity index is 607. The summed E-state index contributed by atoms with van der Waals surface area (Å²) < 4.78 is 0. The van der Waals surface area contributed by atoms with Crippen LogP contribution in [0.25, 0.3) is 0 Å². The number of hydrogen-bond acceptors (Lipinski definition) is 4. The minimum atomic E-state index is 0.127. The van der Waals surface area contributed by atoms with Gasteiger partial charge in [-0.25, -0.2) is 9.97 Å². The van der Waals surface area contributed by atoms with Crippen LogP contribution < -0.4 is 0 Å². The van der Waals surface area contributed by atoms with Gasteiger partial charge in [-0.1, -0.05) is 46.6 Å². The topological polar surface area (TPSA) is 42.9 Å². The predicted molar refractivity (Wildman–Crippen MR) is 73.0 cm³/mol. The average molecular weight is 320 g/mol. The van der Waals surface area contributed by atoms with Crippen LogP contribution in [0, 0.1) is 0 Å². The molecule has 0 N–H and O–H groups in total. The minimum Gasteiger partial charge on any atom is -0.298 e. The Morgan fingerprint density at radius 3 is 2.56 bits per heavy atom. The number of rotatable bonds is 3. The predicted octanol–water partition coefficient (Wildman–Crippen LogP) is 4.40. The molecule has 1 aromatic carbocycles. The highest BCUT2D eigenvalue weighted by Gasteiger charge is 2.11. The zero-order chi connectivity index (χ0) is 13.1. The number of nitrogens with zero attached hydrogens (tertiary/aromatic N) is 2. The zero-order valence-electron chi connectivity index (χ0n) is 8.73. The van der Waals surface area contributed by atoms with Crippen molar-refractivity contribution in [1.29, 1.82) is 0 Å². The van der Waals surface area contributed by atoms with Gasteiger partial charge in [-0.3, -0.25) is 4.79 Å². The van der Waals surface area contributed by atoms with E-state index in [1.165, 1.54) is 18.1 Å². The van der Waals surface area contributed by atoms with E-state index in [-0.39, 0.29) is 10.7 Å². The van der Waals surface area contributed by atoms with Crippen molar-refractivity contribution in [1.82, 2.24) is 9.97 Å². The molecule has 0 saturated heterocycles. The molecular formula is C11H5Cl3N2OS. The van der Waals surface area contributed by atoms with Gasteiger partial charge in [-0.2, -0.15) is 0 Å². The molecule has 0 unspecified atom stereocenters. The third-order valence-corrected chi connectivity index (χ3v) is 4.07. The maximum absolute atomic E-state index is 10.9. The van der Waals surface area contributed by atoms with E-state index in [1.807, 2.05) is 0 Å². The Hall–Kier alpha value is -0.810. The number of aromatic nitrogens is 2. The normalized spacial score (nSPS) is 10.4. The van der Waals surface area contributed by atoms with Gasteiger partial charge in [0.25, 0.3) is 0 Å². The molecule has 3 nitrogen and oxygen atoms in total. The third kappa shape index (κ3) is 2.95. The molecule has 0 amide bonds. The Morgan fingerprint density at radius 2 is 1.89 bits per heavy atom. The fourth-order valence-electron chi connectivity index (χ4n) is 1.19. The summed E-state index contributed by atoms with van der Waals surface area (Å²) in [7, 11) is 0. The number of benzene rings is 1. The monoisotopic (exact) mass is 318 g/mol. The van der Waals surface area contributed by atoms with Crippen molar-refractivity contribution in [2.24, 2.45) is 0 Å². The Morgan fingerprint density at radius 1 is 1.11 bits per heavy atom. The van der Waals surface area contributed by atoms with Crippen molar-refractivity contribution >= 4 is 52.9 Å². The lowest BCUT2D eigenvalue weighted by atomic mass is 10.4. The smallest absolute Gasteiger partial charge is 0.155 e. The molecule has 0 fully saturated rings. The van der Waals surface area contributed by atoms with Crippen LogP contribution >= 0.6 is 46.6 Å². The molecular weight excluding hydrogens is 315 g/mol. The number of hydrogen-bond donors (Lipinski definition) is 0. The summed E-state index contributed by atoms with van der Waals surface area (Å²) in [6, 6.07) is 5.15. The van der Waals surface area contributed by atoms with Gasteiger partial charge in [0.05, 0.1) is 15.6 Å². The number of halogens is 3. The lowest BCUT2D eigenvalue weighted by molar-refractivity contribution is 0.112. The van der Waals surface area contributed by atoms with E-state index < -0.39 is 0 Å². The van der Waals surface area contributed by atoms with Gasteiger partial charge in [-0.05, 0) is 18.2 Å². The van der Waals surface area contributed by atoms with Gasteiger partial charge in [0.2, 0.25) is 0 Å². The molecule has 0 radical (unpaired) electrons. The quantitative estimate of drug-likeness (QED) is 0.621. The molecule has 92 valence electrons. The first-order valence-corrected chi connectivity index (χ1v) is 6.65. The minimum absolute atomic E-state index is 0.127. The van der Waals surface area contributed by atoms with Gasteiger partial charge in [0, 0.05) is 4.90 Å². The molecule has 0 atom stereocenters. The van der Waals surface area contributed by atoms with Crippen molar-refractivity contribution in [3.05, 3.63) is 45.3 Å². The first kappa shape index (κ1) is 13.6. The first-order chi connectivity index (χ1) is 8.61. The van der Waals surface area contributed by atoms with Gasteiger partial charge in [-0.15, -0.1) is 0 Å². The van der Waals surface area contributed by atoms with E-state index in [2.05, 4.69) is 9.97 Å². The van der Waals surface area contributed by atoms with E-state index in [4.69, 9.17) is 34.8 Å². The van der Waals surface area contributed by atoms with E-state index in [0.717, 1.165) is 4.90 Å². The van der Waals surface area contributed by atoms with Gasteiger partial charge < -0.3 is 0 Å². The van der Waals surface area contributed by atoms with Crippen LogP contribution in [0.3, 0.4) is 0 Å². The molecule has 2 rings (SSSR count). The van der Waals surface area contributed by atoms with Gasteiger partial charge in [0.1, 0.15) is 16.5 Å². The summed E-state index contributed by atoms with van der Waals surface area (Å²) in [5, 5.41) is 1.51. The zero-order valence-corrected chi connectivity index (χ0v) is 11.8. The van der Waals surface area contributed by atoms with Crippen LogP contribution in [0.15, 0.2) is 34.4 Å². The fraction of sp³-hybridized carbons (Fsp3) is 0.